The number of carbonyl (C=O) groups is 3. The zero-order chi connectivity index (χ0) is 44.6. The van der Waals surface area contributed by atoms with E-state index in [-0.39, 0.29) is 48.6 Å². The summed E-state index contributed by atoms with van der Waals surface area (Å²) in [5, 5.41) is 39.3. The Hall–Kier alpha value is -2.81. The standard InChI is InChI=1S/C52H70N2O11/c1-47(2)40-39(57)41(58)51(30-7-5-4-6-8-30)38(50(40)25-62-46(60)49(45(50)65-47)16-11-27(22-49)24-55)12-15-48(3)42(63-44(59)43-52(48,51)64-43)31-14-18-61-37(31)21-34-32-19-29-13-17-54-26-53-23-35(54)33(29)20-28(32)9-10-36(34)56/h13-14,17-18,27-30,32-36,38,40-43,45,53,55-56,58H,4-12,15-16,19-26H2,1-3H3. The van der Waals surface area contributed by atoms with E-state index in [0.29, 0.717) is 68.2 Å². The predicted molar refractivity (Wildman–Crippen MR) is 232 cm³/mol. The zero-order valence-electron chi connectivity index (χ0n) is 38.5. The third-order valence-electron chi connectivity index (χ3n) is 21.7. The number of esters is 2. The summed E-state index contributed by atoms with van der Waals surface area (Å²) < 4.78 is 33.9. The van der Waals surface area contributed by atoms with Gasteiger partial charge in [0.1, 0.15) is 30.2 Å². The number of Topliss-reactive ketones (excluding diaryl/α,β-unsaturated/α-hetero) is 1. The van der Waals surface area contributed by atoms with E-state index in [1.165, 1.54) is 0 Å². The van der Waals surface area contributed by atoms with Gasteiger partial charge >= 0.3 is 11.9 Å². The van der Waals surface area contributed by atoms with Crippen LogP contribution in [0.2, 0.25) is 0 Å². The Morgan fingerprint density at radius 1 is 0.923 bits per heavy atom. The summed E-state index contributed by atoms with van der Waals surface area (Å²) in [6.45, 7) is 7.94. The summed E-state index contributed by atoms with van der Waals surface area (Å²) in [6.07, 6.45) is 13.8. The Balaban J connectivity index is 0.905. The van der Waals surface area contributed by atoms with Crippen molar-refractivity contribution in [2.75, 3.05) is 26.4 Å². The molecule has 7 heterocycles. The molecule has 11 fully saturated rings. The molecule has 0 bridgehead atoms. The molecule has 0 amide bonds. The van der Waals surface area contributed by atoms with E-state index in [1.54, 1.807) is 6.26 Å². The van der Waals surface area contributed by atoms with E-state index >= 15 is 4.79 Å². The number of fused-ring (bicyclic) bond motifs is 6. The summed E-state index contributed by atoms with van der Waals surface area (Å²) in [6, 6.07) is 2.48. The van der Waals surface area contributed by atoms with Crippen LogP contribution in [0.25, 0.3) is 0 Å². The van der Waals surface area contributed by atoms with Crippen LogP contribution in [0, 0.1) is 74.9 Å². The molecule has 3 spiro atoms. The average Bonchev–Trinajstić information content (AvgIpc) is 3.69. The molecule has 19 unspecified atom stereocenters. The van der Waals surface area contributed by atoms with Crippen LogP contribution in [0.1, 0.15) is 128 Å². The number of rotatable bonds is 5. The minimum absolute atomic E-state index is 0.00399. The molecule has 6 saturated carbocycles. The van der Waals surface area contributed by atoms with Crippen molar-refractivity contribution in [3.8, 4) is 0 Å². The van der Waals surface area contributed by atoms with Crippen molar-refractivity contribution in [3.63, 3.8) is 0 Å². The third kappa shape index (κ3) is 5.14. The lowest BCUT2D eigenvalue weighted by Crippen LogP contribution is -2.79. The van der Waals surface area contributed by atoms with Crippen LogP contribution in [0.4, 0.5) is 0 Å². The number of hydrogen-bond acceptors (Lipinski definition) is 13. The van der Waals surface area contributed by atoms with Crippen LogP contribution >= 0.6 is 0 Å². The van der Waals surface area contributed by atoms with Crippen molar-refractivity contribution < 1.29 is 53.1 Å². The highest BCUT2D eigenvalue weighted by atomic mass is 16.7. The molecule has 13 rings (SSSR count). The molecule has 12 aliphatic rings. The summed E-state index contributed by atoms with van der Waals surface area (Å²) in [5.74, 6) is 0.216. The normalized spacial score (nSPS) is 52.6. The number of aliphatic hydroxyl groups is 3. The number of aliphatic hydroxyl groups excluding tert-OH is 3. The van der Waals surface area contributed by atoms with Crippen molar-refractivity contribution in [2.45, 2.75) is 165 Å². The number of ketones is 1. The van der Waals surface area contributed by atoms with Crippen molar-refractivity contribution in [1.82, 2.24) is 10.2 Å². The third-order valence-corrected chi connectivity index (χ3v) is 21.7. The Bertz CT molecular complexity index is 2190. The monoisotopic (exact) mass is 898 g/mol. The van der Waals surface area contributed by atoms with Gasteiger partial charge in [-0.2, -0.15) is 0 Å². The first-order valence-corrected chi connectivity index (χ1v) is 25.7. The van der Waals surface area contributed by atoms with Gasteiger partial charge in [-0.3, -0.25) is 14.9 Å². The molecule has 13 heteroatoms. The second-order valence-electron chi connectivity index (χ2n) is 24.4. The van der Waals surface area contributed by atoms with Crippen LogP contribution in [0.15, 0.2) is 29.0 Å². The lowest BCUT2D eigenvalue weighted by atomic mass is 9.32. The van der Waals surface area contributed by atoms with Gasteiger partial charge in [0, 0.05) is 47.4 Å². The number of hydrogen-bond donors (Lipinski definition) is 4. The number of epoxide rings is 1. The summed E-state index contributed by atoms with van der Waals surface area (Å²) in [7, 11) is 0. The first-order chi connectivity index (χ1) is 31.3. The fourth-order valence-electron chi connectivity index (χ4n) is 19.4. The highest BCUT2D eigenvalue weighted by Gasteiger charge is 2.93. The van der Waals surface area contributed by atoms with Crippen LogP contribution in [0.3, 0.4) is 0 Å². The van der Waals surface area contributed by atoms with Crippen molar-refractivity contribution >= 4 is 17.7 Å². The molecule has 6 aliphatic carbocycles. The molecule has 6 aliphatic heterocycles. The van der Waals surface area contributed by atoms with Crippen LogP contribution in [0.5, 0.6) is 0 Å². The minimum Gasteiger partial charge on any atom is -0.469 e. The van der Waals surface area contributed by atoms with E-state index in [0.717, 1.165) is 82.3 Å². The predicted octanol–water partition coefficient (Wildman–Crippen LogP) is 5.39. The lowest BCUT2D eigenvalue weighted by molar-refractivity contribution is -0.284. The van der Waals surface area contributed by atoms with Crippen LogP contribution in [-0.2, 0) is 39.8 Å². The molecule has 1 aromatic heterocycles. The summed E-state index contributed by atoms with van der Waals surface area (Å²) in [5.41, 5.74) is -5.56. The van der Waals surface area contributed by atoms with Gasteiger partial charge in [-0.25, -0.2) is 4.79 Å². The first kappa shape index (κ1) is 42.3. The molecule has 354 valence electrons. The van der Waals surface area contributed by atoms with Gasteiger partial charge in [0.25, 0.3) is 0 Å². The summed E-state index contributed by atoms with van der Waals surface area (Å²) >= 11 is 0. The zero-order valence-corrected chi connectivity index (χ0v) is 38.5. The number of cyclic esters (lactones) is 2. The molecule has 4 N–H and O–H groups in total. The molecule has 5 saturated heterocycles. The highest BCUT2D eigenvalue weighted by Crippen LogP contribution is 2.83. The van der Waals surface area contributed by atoms with E-state index in [2.05, 4.69) is 29.4 Å². The maximum atomic E-state index is 15.7. The molecule has 0 aromatic carbocycles. The number of nitrogens with one attached hydrogen (secondary N) is 1. The van der Waals surface area contributed by atoms with E-state index < -0.39 is 75.3 Å². The Morgan fingerprint density at radius 2 is 1.75 bits per heavy atom. The Labute approximate surface area is 382 Å². The van der Waals surface area contributed by atoms with Gasteiger partial charge in [0.15, 0.2) is 11.9 Å². The molecule has 0 radical (unpaired) electrons. The van der Waals surface area contributed by atoms with Gasteiger partial charge < -0.3 is 43.6 Å². The second kappa shape index (κ2) is 14.1. The van der Waals surface area contributed by atoms with Crippen LogP contribution in [-0.4, -0.2) is 106 Å². The maximum Gasteiger partial charge on any atom is 0.339 e. The smallest absolute Gasteiger partial charge is 0.339 e. The van der Waals surface area contributed by atoms with Crippen molar-refractivity contribution in [2.24, 2.45) is 74.9 Å². The molecule has 13 nitrogen and oxygen atoms in total. The number of ether oxygens (including phenoxy) is 4. The van der Waals surface area contributed by atoms with E-state index in [4.69, 9.17) is 23.4 Å². The number of allylic oxidation sites excluding steroid dienone is 1. The highest BCUT2D eigenvalue weighted by molar-refractivity contribution is 5.93. The Kier molecular flexibility index (Phi) is 9.21. The van der Waals surface area contributed by atoms with E-state index in [9.17, 15) is 24.9 Å². The minimum atomic E-state index is -1.44. The molecule has 1 aromatic rings. The maximum absolute atomic E-state index is 15.7. The first-order valence-electron chi connectivity index (χ1n) is 25.7. The van der Waals surface area contributed by atoms with Gasteiger partial charge in [0.05, 0.1) is 42.1 Å². The molecule has 65 heavy (non-hydrogen) atoms. The van der Waals surface area contributed by atoms with Crippen molar-refractivity contribution in [1.29, 1.82) is 0 Å². The molecular formula is C52H70N2O11. The molecular weight excluding hydrogens is 829 g/mol. The van der Waals surface area contributed by atoms with Crippen molar-refractivity contribution in [3.05, 3.63) is 35.9 Å². The van der Waals surface area contributed by atoms with Gasteiger partial charge in [-0.1, -0.05) is 32.3 Å². The number of furan rings is 1. The Morgan fingerprint density at radius 3 is 2.55 bits per heavy atom. The number of nitrogens with zero attached hydrogens (tertiary/aromatic N) is 1. The van der Waals surface area contributed by atoms with Gasteiger partial charge in [-0.05, 0) is 144 Å². The fraction of sp³-hybridized carbons (Fsp3) is 0.827. The second-order valence-corrected chi connectivity index (χ2v) is 24.4. The topological polar surface area (TPSA) is 181 Å². The van der Waals surface area contributed by atoms with E-state index in [1.807, 2.05) is 19.9 Å². The van der Waals surface area contributed by atoms with Crippen LogP contribution < -0.4 is 5.32 Å². The SMILES string of the molecule is CC1(C)OC2C3(CCC(CO)C3)C(=O)OCC23C1C(=O)C(O)C1(C2CCCCC2)C3CCC2(C)C(c3ccoc3CC3C(O)CCC4CC5C(C=CN6CNCC56)CC43)OC(=O)C3OC321. The van der Waals surface area contributed by atoms with Gasteiger partial charge in [-0.15, -0.1) is 0 Å². The fourth-order valence-corrected chi connectivity index (χ4v) is 19.4. The summed E-state index contributed by atoms with van der Waals surface area (Å²) in [4.78, 5) is 47.3. The largest absolute Gasteiger partial charge is 0.469 e. The molecule has 19 atom stereocenters. The number of carbonyl (C=O) groups excluding carboxylic acids is 3. The quantitative estimate of drug-likeness (QED) is 0.219. The lowest BCUT2D eigenvalue weighted by Gasteiger charge is -2.70. The average molecular weight is 899 g/mol. The van der Waals surface area contributed by atoms with Gasteiger partial charge in [0.2, 0.25) is 0 Å².